The molecule has 6 heteroatoms. The van der Waals surface area contributed by atoms with E-state index in [2.05, 4.69) is 62.4 Å². The summed E-state index contributed by atoms with van der Waals surface area (Å²) >= 11 is 0. The number of epoxide rings is 2. The fraction of sp³-hybridized carbons (Fsp3) is 0.419. The van der Waals surface area contributed by atoms with E-state index < -0.39 is 11.9 Å². The Kier molecular flexibility index (Phi) is 6.45. The summed E-state index contributed by atoms with van der Waals surface area (Å²) < 4.78 is 34.5. The van der Waals surface area contributed by atoms with Crippen LogP contribution in [0, 0.1) is 0 Å². The van der Waals surface area contributed by atoms with Gasteiger partial charge in [-0.25, -0.2) is 0 Å². The second-order valence-corrected chi connectivity index (χ2v) is 9.96. The standard InChI is InChI=1S/C31H34O6/c1-3-19-32-30(21-34-30)36-26-13-9-24(10-14-26)29(18-17-23-7-5-6-8-28(23)29)25-11-15-27(16-12-25)37-31(22-35-31)33-20-4-2/h5-16H,3-4,17-22H2,1-2H3. The van der Waals surface area contributed by atoms with Gasteiger partial charge in [-0.2, -0.15) is 0 Å². The number of ether oxygens (including phenoxy) is 6. The third-order valence-corrected chi connectivity index (χ3v) is 7.30. The predicted molar refractivity (Wildman–Crippen MR) is 139 cm³/mol. The van der Waals surface area contributed by atoms with Crippen molar-refractivity contribution in [3.05, 3.63) is 95.1 Å². The quantitative estimate of drug-likeness (QED) is 0.225. The normalized spacial score (nSPS) is 27.5. The lowest BCUT2D eigenvalue weighted by Crippen LogP contribution is -2.27. The lowest BCUT2D eigenvalue weighted by Gasteiger charge is -2.32. The second-order valence-electron chi connectivity index (χ2n) is 9.96. The molecule has 6 rings (SSSR count). The third kappa shape index (κ3) is 4.75. The molecule has 2 unspecified atom stereocenters. The molecule has 0 spiro atoms. The fourth-order valence-electron chi connectivity index (χ4n) is 5.33. The van der Waals surface area contributed by atoms with Crippen molar-refractivity contribution in [1.29, 1.82) is 0 Å². The summed E-state index contributed by atoms with van der Waals surface area (Å²) in [6.45, 7) is 6.26. The van der Waals surface area contributed by atoms with Crippen LogP contribution in [0.15, 0.2) is 72.8 Å². The Hall–Kier alpha value is -2.90. The highest BCUT2D eigenvalue weighted by Crippen LogP contribution is 2.49. The highest BCUT2D eigenvalue weighted by atomic mass is 16.9. The van der Waals surface area contributed by atoms with E-state index >= 15 is 0 Å². The molecule has 3 aliphatic rings. The Balaban J connectivity index is 1.29. The van der Waals surface area contributed by atoms with E-state index in [1.54, 1.807) is 0 Å². The molecule has 1 aliphatic carbocycles. The van der Waals surface area contributed by atoms with Gasteiger partial charge in [-0.3, -0.25) is 0 Å². The molecular formula is C31H34O6. The summed E-state index contributed by atoms with van der Waals surface area (Å²) in [4.78, 5) is 0. The third-order valence-electron chi connectivity index (χ3n) is 7.30. The van der Waals surface area contributed by atoms with E-state index in [0.717, 1.165) is 37.2 Å². The topological polar surface area (TPSA) is 62.0 Å². The highest BCUT2D eigenvalue weighted by molar-refractivity contribution is 5.57. The van der Waals surface area contributed by atoms with Crippen molar-refractivity contribution in [2.75, 3.05) is 26.4 Å². The van der Waals surface area contributed by atoms with Crippen LogP contribution in [0.3, 0.4) is 0 Å². The molecule has 2 heterocycles. The van der Waals surface area contributed by atoms with E-state index in [-0.39, 0.29) is 5.41 Å². The van der Waals surface area contributed by atoms with E-state index in [0.29, 0.717) is 26.4 Å². The molecule has 37 heavy (non-hydrogen) atoms. The number of aryl methyl sites for hydroxylation is 1. The second kappa shape index (κ2) is 9.76. The summed E-state index contributed by atoms with van der Waals surface area (Å²) in [6.07, 6.45) is 3.85. The first-order valence-corrected chi connectivity index (χ1v) is 13.3. The summed E-state index contributed by atoms with van der Waals surface area (Å²) in [7, 11) is 0. The van der Waals surface area contributed by atoms with E-state index in [1.807, 2.05) is 24.3 Å². The maximum Gasteiger partial charge on any atom is 0.352 e. The van der Waals surface area contributed by atoms with Crippen molar-refractivity contribution < 1.29 is 28.4 Å². The molecule has 2 atom stereocenters. The number of hydrogen-bond donors (Lipinski definition) is 0. The highest BCUT2D eigenvalue weighted by Gasteiger charge is 2.51. The van der Waals surface area contributed by atoms with Crippen LogP contribution in [-0.2, 0) is 30.8 Å². The number of hydrogen-bond acceptors (Lipinski definition) is 6. The number of rotatable bonds is 12. The van der Waals surface area contributed by atoms with Crippen molar-refractivity contribution in [3.8, 4) is 11.5 Å². The van der Waals surface area contributed by atoms with E-state index in [4.69, 9.17) is 28.4 Å². The van der Waals surface area contributed by atoms with Gasteiger partial charge in [-0.15, -0.1) is 0 Å². The molecule has 0 bridgehead atoms. The molecule has 0 saturated carbocycles. The van der Waals surface area contributed by atoms with Crippen molar-refractivity contribution in [2.45, 2.75) is 56.9 Å². The SMILES string of the molecule is CCCOC1(Oc2ccc(C3(c4ccc(OC5(OCCC)CO5)cc4)CCc4ccccc43)cc2)CO1. The molecule has 0 radical (unpaired) electrons. The summed E-state index contributed by atoms with van der Waals surface area (Å²) in [5.41, 5.74) is 4.93. The molecule has 2 fully saturated rings. The molecule has 6 nitrogen and oxygen atoms in total. The van der Waals surface area contributed by atoms with Gasteiger partial charge in [0.1, 0.15) is 24.7 Å². The van der Waals surface area contributed by atoms with Crippen LogP contribution in [0.4, 0.5) is 0 Å². The Morgan fingerprint density at radius 2 is 1.16 bits per heavy atom. The summed E-state index contributed by atoms with van der Waals surface area (Å²) in [6, 6.07) is 25.5. The molecule has 3 aromatic carbocycles. The lowest BCUT2D eigenvalue weighted by molar-refractivity contribution is -0.173. The van der Waals surface area contributed by atoms with Gasteiger partial charge in [0.05, 0.1) is 13.2 Å². The first-order chi connectivity index (χ1) is 18.1. The molecule has 2 saturated heterocycles. The average molecular weight is 503 g/mol. The van der Waals surface area contributed by atoms with Gasteiger partial charge in [0.15, 0.2) is 0 Å². The Morgan fingerprint density at radius 3 is 1.62 bits per heavy atom. The van der Waals surface area contributed by atoms with Gasteiger partial charge < -0.3 is 28.4 Å². The van der Waals surface area contributed by atoms with Gasteiger partial charge in [0.25, 0.3) is 0 Å². The maximum atomic E-state index is 6.05. The summed E-state index contributed by atoms with van der Waals surface area (Å²) in [5, 5.41) is 0. The largest absolute Gasteiger partial charge is 0.437 e. The van der Waals surface area contributed by atoms with Crippen molar-refractivity contribution >= 4 is 0 Å². The number of fused-ring (bicyclic) bond motifs is 1. The van der Waals surface area contributed by atoms with Crippen molar-refractivity contribution in [1.82, 2.24) is 0 Å². The Labute approximate surface area is 218 Å². The lowest BCUT2D eigenvalue weighted by atomic mass is 9.70. The molecule has 194 valence electrons. The predicted octanol–water partition coefficient (Wildman–Crippen LogP) is 5.95. The van der Waals surface area contributed by atoms with Crippen molar-refractivity contribution in [3.63, 3.8) is 0 Å². The van der Waals surface area contributed by atoms with E-state index in [9.17, 15) is 0 Å². The average Bonchev–Trinajstić information content (AvgIpc) is 3.85. The molecule has 0 N–H and O–H groups in total. The van der Waals surface area contributed by atoms with Gasteiger partial charge in [0, 0.05) is 5.41 Å². The minimum Gasteiger partial charge on any atom is -0.437 e. The van der Waals surface area contributed by atoms with Crippen LogP contribution < -0.4 is 9.47 Å². The molecule has 3 aromatic rings. The minimum atomic E-state index is -0.922. The summed E-state index contributed by atoms with van der Waals surface area (Å²) in [5.74, 6) is -0.364. The minimum absolute atomic E-state index is 0.257. The van der Waals surface area contributed by atoms with Crippen LogP contribution >= 0.6 is 0 Å². The van der Waals surface area contributed by atoms with Crippen LogP contribution in [-0.4, -0.2) is 38.4 Å². The first-order valence-electron chi connectivity index (χ1n) is 13.3. The molecular weight excluding hydrogens is 468 g/mol. The zero-order valence-corrected chi connectivity index (χ0v) is 21.5. The van der Waals surface area contributed by atoms with Gasteiger partial charge in [-0.1, -0.05) is 62.4 Å². The fourth-order valence-corrected chi connectivity index (χ4v) is 5.33. The van der Waals surface area contributed by atoms with Crippen LogP contribution in [0.25, 0.3) is 0 Å². The number of benzene rings is 3. The van der Waals surface area contributed by atoms with Gasteiger partial charge >= 0.3 is 11.9 Å². The Bertz CT molecular complexity index is 1140. The Morgan fingerprint density at radius 1 is 0.676 bits per heavy atom. The zero-order valence-electron chi connectivity index (χ0n) is 21.5. The van der Waals surface area contributed by atoms with Gasteiger partial charge in [0.2, 0.25) is 0 Å². The van der Waals surface area contributed by atoms with Crippen LogP contribution in [0.5, 0.6) is 11.5 Å². The maximum absolute atomic E-state index is 6.05. The molecule has 2 aliphatic heterocycles. The molecule has 0 aromatic heterocycles. The molecule has 0 amide bonds. The van der Waals surface area contributed by atoms with E-state index in [1.165, 1.54) is 22.3 Å². The van der Waals surface area contributed by atoms with Crippen molar-refractivity contribution in [2.24, 2.45) is 0 Å². The monoisotopic (exact) mass is 502 g/mol. The zero-order chi connectivity index (χ0) is 25.3. The smallest absolute Gasteiger partial charge is 0.352 e. The van der Waals surface area contributed by atoms with Crippen LogP contribution in [0.1, 0.15) is 55.4 Å². The van der Waals surface area contributed by atoms with Crippen LogP contribution in [0.2, 0.25) is 0 Å². The first kappa shape index (κ1) is 24.4. The van der Waals surface area contributed by atoms with Gasteiger partial charge in [-0.05, 0) is 72.2 Å².